The van der Waals surface area contributed by atoms with Crippen molar-refractivity contribution in [1.29, 1.82) is 0 Å². The van der Waals surface area contributed by atoms with Gasteiger partial charge in [-0.15, -0.1) is 0 Å². The van der Waals surface area contributed by atoms with Crippen LogP contribution in [0.1, 0.15) is 31.4 Å². The number of ether oxygens (including phenoxy) is 1. The molecule has 1 aromatic rings. The lowest BCUT2D eigenvalue weighted by Gasteiger charge is -2.18. The van der Waals surface area contributed by atoms with E-state index in [-0.39, 0.29) is 6.10 Å². The average molecular weight is 284 g/mol. The Hall–Kier alpha value is -0.380. The normalized spacial score (nSPS) is 17.4. The fourth-order valence-corrected chi connectivity index (χ4v) is 1.98. The van der Waals surface area contributed by atoms with Crippen molar-refractivity contribution in [1.82, 2.24) is 5.32 Å². The van der Waals surface area contributed by atoms with Crippen molar-refractivity contribution in [3.05, 3.63) is 34.3 Å². The molecule has 2 nitrogen and oxygen atoms in total. The quantitative estimate of drug-likeness (QED) is 0.865. The molecule has 1 aromatic carbocycles. The van der Waals surface area contributed by atoms with Gasteiger partial charge in [0.2, 0.25) is 0 Å². The standard InChI is InChI=1S/C13H18BrNO/c1-2-16-13(9-15-12-7-8-12)10-3-5-11(14)6-4-10/h3-6,12-13,15H,2,7-9H2,1H3. The second-order valence-electron chi connectivity index (χ2n) is 4.18. The number of halogens is 1. The summed E-state index contributed by atoms with van der Waals surface area (Å²) in [7, 11) is 0. The molecule has 0 saturated heterocycles. The zero-order valence-corrected chi connectivity index (χ0v) is 11.2. The molecule has 0 aliphatic heterocycles. The second-order valence-corrected chi connectivity index (χ2v) is 5.09. The zero-order valence-electron chi connectivity index (χ0n) is 9.58. The SMILES string of the molecule is CCOC(CNC1CC1)c1ccc(Br)cc1. The van der Waals surface area contributed by atoms with Crippen molar-refractivity contribution in [2.75, 3.05) is 13.2 Å². The molecule has 0 spiro atoms. The summed E-state index contributed by atoms with van der Waals surface area (Å²) in [4.78, 5) is 0. The summed E-state index contributed by atoms with van der Waals surface area (Å²) in [6, 6.07) is 9.12. The van der Waals surface area contributed by atoms with Gasteiger partial charge in [0.1, 0.15) is 0 Å². The number of benzene rings is 1. The lowest BCUT2D eigenvalue weighted by Crippen LogP contribution is -2.25. The van der Waals surface area contributed by atoms with Gasteiger partial charge in [-0.3, -0.25) is 0 Å². The van der Waals surface area contributed by atoms with Crippen LogP contribution in [0.25, 0.3) is 0 Å². The van der Waals surface area contributed by atoms with E-state index in [2.05, 4.69) is 45.5 Å². The molecule has 0 radical (unpaired) electrons. The number of hydrogen-bond acceptors (Lipinski definition) is 2. The monoisotopic (exact) mass is 283 g/mol. The van der Waals surface area contributed by atoms with Crippen LogP contribution in [0.5, 0.6) is 0 Å². The Bertz CT molecular complexity index is 321. The Labute approximate surface area is 106 Å². The van der Waals surface area contributed by atoms with E-state index in [4.69, 9.17) is 4.74 Å². The number of rotatable bonds is 6. The van der Waals surface area contributed by atoms with Crippen molar-refractivity contribution < 1.29 is 4.74 Å². The molecule has 1 atom stereocenters. The summed E-state index contributed by atoms with van der Waals surface area (Å²) in [6.45, 7) is 3.72. The van der Waals surface area contributed by atoms with E-state index in [1.807, 2.05) is 6.92 Å². The molecule has 1 fully saturated rings. The predicted octanol–water partition coefficient (Wildman–Crippen LogP) is 3.28. The van der Waals surface area contributed by atoms with Crippen molar-refractivity contribution in [3.63, 3.8) is 0 Å². The third-order valence-corrected chi connectivity index (χ3v) is 3.31. The molecule has 0 heterocycles. The van der Waals surface area contributed by atoms with E-state index < -0.39 is 0 Å². The Kier molecular flexibility index (Phi) is 4.38. The first-order chi connectivity index (χ1) is 7.79. The molecule has 3 heteroatoms. The summed E-state index contributed by atoms with van der Waals surface area (Å²) in [5.74, 6) is 0. The third-order valence-electron chi connectivity index (χ3n) is 2.78. The predicted molar refractivity (Wildman–Crippen MR) is 69.5 cm³/mol. The van der Waals surface area contributed by atoms with Crippen LogP contribution in [0.4, 0.5) is 0 Å². The van der Waals surface area contributed by atoms with Crippen molar-refractivity contribution in [3.8, 4) is 0 Å². The molecule has 88 valence electrons. The highest BCUT2D eigenvalue weighted by atomic mass is 79.9. The smallest absolute Gasteiger partial charge is 0.0949 e. The number of nitrogens with one attached hydrogen (secondary N) is 1. The Morgan fingerprint density at radius 3 is 2.62 bits per heavy atom. The van der Waals surface area contributed by atoms with E-state index in [9.17, 15) is 0 Å². The van der Waals surface area contributed by atoms with Gasteiger partial charge in [-0.1, -0.05) is 28.1 Å². The number of hydrogen-bond donors (Lipinski definition) is 1. The van der Waals surface area contributed by atoms with Crippen molar-refractivity contribution in [2.24, 2.45) is 0 Å². The van der Waals surface area contributed by atoms with Crippen molar-refractivity contribution >= 4 is 15.9 Å². The van der Waals surface area contributed by atoms with Gasteiger partial charge in [0.25, 0.3) is 0 Å². The first kappa shape index (κ1) is 12.1. The first-order valence-corrected chi connectivity index (χ1v) is 6.69. The van der Waals surface area contributed by atoms with Gasteiger partial charge in [0, 0.05) is 23.7 Å². The van der Waals surface area contributed by atoms with Gasteiger partial charge < -0.3 is 10.1 Å². The maximum Gasteiger partial charge on any atom is 0.0949 e. The lowest BCUT2D eigenvalue weighted by atomic mass is 10.1. The zero-order chi connectivity index (χ0) is 11.4. The Balaban J connectivity index is 1.95. The highest BCUT2D eigenvalue weighted by molar-refractivity contribution is 9.10. The van der Waals surface area contributed by atoms with E-state index >= 15 is 0 Å². The molecule has 1 N–H and O–H groups in total. The highest BCUT2D eigenvalue weighted by Gasteiger charge is 2.22. The van der Waals surface area contributed by atoms with Crippen LogP contribution in [-0.4, -0.2) is 19.2 Å². The molecular weight excluding hydrogens is 266 g/mol. The average Bonchev–Trinajstić information content (AvgIpc) is 3.09. The summed E-state index contributed by atoms with van der Waals surface area (Å²) >= 11 is 3.45. The maximum absolute atomic E-state index is 5.77. The largest absolute Gasteiger partial charge is 0.372 e. The van der Waals surface area contributed by atoms with Crippen molar-refractivity contribution in [2.45, 2.75) is 31.9 Å². The maximum atomic E-state index is 5.77. The minimum absolute atomic E-state index is 0.179. The Morgan fingerprint density at radius 1 is 1.38 bits per heavy atom. The van der Waals surface area contributed by atoms with Crippen LogP contribution in [0.3, 0.4) is 0 Å². The van der Waals surface area contributed by atoms with E-state index in [1.54, 1.807) is 0 Å². The van der Waals surface area contributed by atoms with Gasteiger partial charge in [-0.05, 0) is 37.5 Å². The molecule has 1 saturated carbocycles. The van der Waals surface area contributed by atoms with Gasteiger partial charge in [-0.25, -0.2) is 0 Å². The van der Waals surface area contributed by atoms with E-state index in [1.165, 1.54) is 18.4 Å². The molecule has 16 heavy (non-hydrogen) atoms. The highest BCUT2D eigenvalue weighted by Crippen LogP contribution is 2.23. The summed E-state index contributed by atoms with van der Waals surface area (Å²) in [5, 5.41) is 3.52. The fraction of sp³-hybridized carbons (Fsp3) is 0.538. The van der Waals surface area contributed by atoms with Crippen LogP contribution in [0.15, 0.2) is 28.7 Å². The minimum Gasteiger partial charge on any atom is -0.372 e. The molecule has 1 aliphatic rings. The lowest BCUT2D eigenvalue weighted by molar-refractivity contribution is 0.0621. The topological polar surface area (TPSA) is 21.3 Å². The summed E-state index contributed by atoms with van der Waals surface area (Å²) < 4.78 is 6.88. The molecule has 1 unspecified atom stereocenters. The first-order valence-electron chi connectivity index (χ1n) is 5.90. The summed E-state index contributed by atoms with van der Waals surface area (Å²) in [6.07, 6.45) is 2.82. The summed E-state index contributed by atoms with van der Waals surface area (Å²) in [5.41, 5.74) is 1.25. The fourth-order valence-electron chi connectivity index (χ4n) is 1.71. The van der Waals surface area contributed by atoms with Crippen LogP contribution >= 0.6 is 15.9 Å². The Morgan fingerprint density at radius 2 is 2.06 bits per heavy atom. The minimum atomic E-state index is 0.179. The molecule has 0 aromatic heterocycles. The molecule has 2 rings (SSSR count). The van der Waals surface area contributed by atoms with Gasteiger partial charge in [0.05, 0.1) is 6.10 Å². The molecule has 0 amide bonds. The second kappa shape index (κ2) is 5.80. The molecular formula is C13H18BrNO. The van der Waals surface area contributed by atoms with E-state index in [0.717, 1.165) is 23.7 Å². The van der Waals surface area contributed by atoms with Crippen LogP contribution in [-0.2, 0) is 4.74 Å². The molecule has 0 bridgehead atoms. The third kappa shape index (κ3) is 3.58. The van der Waals surface area contributed by atoms with E-state index in [0.29, 0.717) is 0 Å². The van der Waals surface area contributed by atoms with Crippen LogP contribution in [0.2, 0.25) is 0 Å². The van der Waals surface area contributed by atoms with Gasteiger partial charge >= 0.3 is 0 Å². The van der Waals surface area contributed by atoms with Gasteiger partial charge in [-0.2, -0.15) is 0 Å². The molecule has 1 aliphatic carbocycles. The van der Waals surface area contributed by atoms with Gasteiger partial charge in [0.15, 0.2) is 0 Å². The van der Waals surface area contributed by atoms with Crippen LogP contribution in [0, 0.1) is 0 Å². The van der Waals surface area contributed by atoms with Crippen LogP contribution < -0.4 is 5.32 Å².